The predicted molar refractivity (Wildman–Crippen MR) is 70.2 cm³/mol. The van der Waals surface area contributed by atoms with Crippen LogP contribution in [0.25, 0.3) is 0 Å². The standard InChI is InChI=1S/C14H21N3/c1-4-14(10-15-7-1)17-8-2-3-13(11-17)16-9-12-5-6-12/h1,4,7,10,12-13,16H,2-3,5-6,8-9,11H2/t13-/m1/s1. The van der Waals surface area contributed by atoms with Crippen LogP contribution >= 0.6 is 0 Å². The molecule has 1 aliphatic heterocycles. The van der Waals surface area contributed by atoms with Crippen molar-refractivity contribution in [1.82, 2.24) is 10.3 Å². The van der Waals surface area contributed by atoms with E-state index < -0.39 is 0 Å². The number of rotatable bonds is 4. The number of hydrogen-bond donors (Lipinski definition) is 1. The summed E-state index contributed by atoms with van der Waals surface area (Å²) in [6.45, 7) is 3.54. The van der Waals surface area contributed by atoms with Crippen molar-refractivity contribution in [2.24, 2.45) is 5.92 Å². The van der Waals surface area contributed by atoms with Crippen LogP contribution in [0.1, 0.15) is 25.7 Å². The van der Waals surface area contributed by atoms with Gasteiger partial charge in [0.25, 0.3) is 0 Å². The molecule has 0 radical (unpaired) electrons. The molecular formula is C14H21N3. The first-order chi connectivity index (χ1) is 8.42. The van der Waals surface area contributed by atoms with Gasteiger partial charge < -0.3 is 10.2 Å². The third kappa shape index (κ3) is 2.97. The number of piperidine rings is 1. The van der Waals surface area contributed by atoms with Gasteiger partial charge in [0, 0.05) is 25.3 Å². The molecule has 1 atom stereocenters. The average molecular weight is 231 g/mol. The van der Waals surface area contributed by atoms with E-state index in [9.17, 15) is 0 Å². The van der Waals surface area contributed by atoms with Crippen molar-refractivity contribution in [3.8, 4) is 0 Å². The largest absolute Gasteiger partial charge is 0.369 e. The highest BCUT2D eigenvalue weighted by molar-refractivity contribution is 5.44. The number of pyridine rings is 1. The second-order valence-corrected chi connectivity index (χ2v) is 5.35. The van der Waals surface area contributed by atoms with Crippen LogP contribution in [0.3, 0.4) is 0 Å². The topological polar surface area (TPSA) is 28.2 Å². The van der Waals surface area contributed by atoms with E-state index in [1.165, 1.54) is 44.5 Å². The van der Waals surface area contributed by atoms with E-state index in [0.717, 1.165) is 12.5 Å². The highest BCUT2D eigenvalue weighted by Gasteiger charge is 2.24. The molecule has 2 fully saturated rings. The maximum atomic E-state index is 4.21. The summed E-state index contributed by atoms with van der Waals surface area (Å²) in [7, 11) is 0. The van der Waals surface area contributed by atoms with Crippen LogP contribution in [-0.2, 0) is 0 Å². The predicted octanol–water partition coefficient (Wildman–Crippen LogP) is 2.05. The van der Waals surface area contributed by atoms with Crippen molar-refractivity contribution in [3.05, 3.63) is 24.5 Å². The van der Waals surface area contributed by atoms with Gasteiger partial charge >= 0.3 is 0 Å². The molecule has 0 aromatic carbocycles. The summed E-state index contributed by atoms with van der Waals surface area (Å²) in [5.41, 5.74) is 1.27. The van der Waals surface area contributed by atoms with E-state index in [1.807, 2.05) is 18.5 Å². The minimum Gasteiger partial charge on any atom is -0.369 e. The van der Waals surface area contributed by atoms with Crippen molar-refractivity contribution in [2.45, 2.75) is 31.7 Å². The molecule has 1 aromatic rings. The number of anilines is 1. The zero-order valence-corrected chi connectivity index (χ0v) is 10.3. The van der Waals surface area contributed by atoms with Gasteiger partial charge in [0.15, 0.2) is 0 Å². The monoisotopic (exact) mass is 231 g/mol. The van der Waals surface area contributed by atoms with Gasteiger partial charge in [-0.25, -0.2) is 0 Å². The molecule has 1 saturated carbocycles. The molecular weight excluding hydrogens is 210 g/mol. The molecule has 3 heteroatoms. The normalized spacial score (nSPS) is 24.9. The van der Waals surface area contributed by atoms with E-state index in [4.69, 9.17) is 0 Å². The molecule has 3 nitrogen and oxygen atoms in total. The second kappa shape index (κ2) is 5.05. The van der Waals surface area contributed by atoms with Crippen LogP contribution in [-0.4, -0.2) is 30.7 Å². The fourth-order valence-electron chi connectivity index (χ4n) is 2.57. The third-order valence-corrected chi connectivity index (χ3v) is 3.82. The molecule has 0 bridgehead atoms. The molecule has 0 amide bonds. The van der Waals surface area contributed by atoms with E-state index >= 15 is 0 Å². The van der Waals surface area contributed by atoms with Crippen LogP contribution in [0.5, 0.6) is 0 Å². The van der Waals surface area contributed by atoms with Gasteiger partial charge in [0.2, 0.25) is 0 Å². The fraction of sp³-hybridized carbons (Fsp3) is 0.643. The Bertz CT molecular complexity index is 348. The average Bonchev–Trinajstić information content (AvgIpc) is 3.22. The summed E-state index contributed by atoms with van der Waals surface area (Å²) in [5.74, 6) is 0.976. The maximum Gasteiger partial charge on any atom is 0.0553 e. The van der Waals surface area contributed by atoms with Crippen molar-refractivity contribution < 1.29 is 0 Å². The smallest absolute Gasteiger partial charge is 0.0553 e. The van der Waals surface area contributed by atoms with E-state index in [-0.39, 0.29) is 0 Å². The molecule has 2 heterocycles. The maximum absolute atomic E-state index is 4.21. The quantitative estimate of drug-likeness (QED) is 0.859. The molecule has 92 valence electrons. The first-order valence-electron chi connectivity index (χ1n) is 6.80. The van der Waals surface area contributed by atoms with E-state index in [1.54, 1.807) is 0 Å². The SMILES string of the molecule is c1cncc(N2CCC[C@@H](NCC3CC3)C2)c1. The number of aromatic nitrogens is 1. The van der Waals surface area contributed by atoms with Gasteiger partial charge in [-0.15, -0.1) is 0 Å². The minimum absolute atomic E-state index is 0.671. The molecule has 1 saturated heterocycles. The lowest BCUT2D eigenvalue weighted by Gasteiger charge is -2.34. The van der Waals surface area contributed by atoms with Crippen LogP contribution < -0.4 is 10.2 Å². The summed E-state index contributed by atoms with van der Waals surface area (Å²) in [4.78, 5) is 6.67. The Morgan fingerprint density at radius 1 is 1.35 bits per heavy atom. The lowest BCUT2D eigenvalue weighted by Crippen LogP contribution is -2.46. The third-order valence-electron chi connectivity index (χ3n) is 3.82. The van der Waals surface area contributed by atoms with Gasteiger partial charge in [0.1, 0.15) is 0 Å². The Labute approximate surface area is 103 Å². The van der Waals surface area contributed by atoms with Gasteiger partial charge in [-0.3, -0.25) is 4.98 Å². The van der Waals surface area contributed by atoms with Gasteiger partial charge in [-0.1, -0.05) is 0 Å². The Kier molecular flexibility index (Phi) is 3.27. The van der Waals surface area contributed by atoms with Gasteiger partial charge in [-0.05, 0) is 50.3 Å². The number of nitrogens with zero attached hydrogens (tertiary/aromatic N) is 2. The van der Waals surface area contributed by atoms with Crippen molar-refractivity contribution >= 4 is 5.69 Å². The molecule has 1 N–H and O–H groups in total. The van der Waals surface area contributed by atoms with Crippen molar-refractivity contribution in [2.75, 3.05) is 24.5 Å². The fourth-order valence-corrected chi connectivity index (χ4v) is 2.57. The lowest BCUT2D eigenvalue weighted by atomic mass is 10.1. The van der Waals surface area contributed by atoms with Crippen LogP contribution in [0, 0.1) is 5.92 Å². The zero-order chi connectivity index (χ0) is 11.5. The molecule has 2 aliphatic rings. The summed E-state index contributed by atoms with van der Waals surface area (Å²) in [6.07, 6.45) is 9.30. The second-order valence-electron chi connectivity index (χ2n) is 5.35. The molecule has 0 unspecified atom stereocenters. The Morgan fingerprint density at radius 2 is 2.29 bits per heavy atom. The highest BCUT2D eigenvalue weighted by atomic mass is 15.2. The summed E-state index contributed by atoms with van der Waals surface area (Å²) >= 11 is 0. The van der Waals surface area contributed by atoms with Crippen molar-refractivity contribution in [1.29, 1.82) is 0 Å². The number of hydrogen-bond acceptors (Lipinski definition) is 3. The van der Waals surface area contributed by atoms with Gasteiger partial charge in [0.05, 0.1) is 11.9 Å². The molecule has 1 aromatic heterocycles. The zero-order valence-electron chi connectivity index (χ0n) is 10.3. The molecule has 1 aliphatic carbocycles. The highest BCUT2D eigenvalue weighted by Crippen LogP contribution is 2.28. The van der Waals surface area contributed by atoms with Crippen LogP contribution in [0.2, 0.25) is 0 Å². The Balaban J connectivity index is 1.55. The first kappa shape index (κ1) is 11.0. The number of nitrogens with one attached hydrogen (secondary N) is 1. The molecule has 17 heavy (non-hydrogen) atoms. The van der Waals surface area contributed by atoms with Crippen LogP contribution in [0.15, 0.2) is 24.5 Å². The van der Waals surface area contributed by atoms with Gasteiger partial charge in [-0.2, -0.15) is 0 Å². The van der Waals surface area contributed by atoms with Crippen molar-refractivity contribution in [3.63, 3.8) is 0 Å². The van der Waals surface area contributed by atoms with E-state index in [0.29, 0.717) is 6.04 Å². The van der Waals surface area contributed by atoms with Crippen LogP contribution in [0.4, 0.5) is 5.69 Å². The minimum atomic E-state index is 0.671. The summed E-state index contributed by atoms with van der Waals surface area (Å²) in [6, 6.07) is 4.86. The van der Waals surface area contributed by atoms with E-state index in [2.05, 4.69) is 21.3 Å². The Hall–Kier alpha value is -1.09. The lowest BCUT2D eigenvalue weighted by molar-refractivity contribution is 0.416. The Morgan fingerprint density at radius 3 is 3.06 bits per heavy atom. The summed E-state index contributed by atoms with van der Waals surface area (Å²) < 4.78 is 0. The summed E-state index contributed by atoms with van der Waals surface area (Å²) in [5, 5.41) is 3.72. The molecule has 0 spiro atoms. The first-order valence-corrected chi connectivity index (χ1v) is 6.80. The molecule has 3 rings (SSSR count).